The molecule has 1 unspecified atom stereocenters. The van der Waals surface area contributed by atoms with Crippen LogP contribution in [-0.2, 0) is 7.05 Å². The molecule has 15 heavy (non-hydrogen) atoms. The number of hydrogen-bond acceptors (Lipinski definition) is 1. The zero-order chi connectivity index (χ0) is 11.1. The Balaban J connectivity index is 2.19. The molecule has 0 bridgehead atoms. The molecule has 5 heteroatoms. The minimum atomic E-state index is -4.17. The molecule has 1 aromatic rings. The van der Waals surface area contributed by atoms with E-state index in [0.717, 1.165) is 5.56 Å². The van der Waals surface area contributed by atoms with E-state index in [9.17, 15) is 13.2 Å². The van der Waals surface area contributed by atoms with Gasteiger partial charge in [0.2, 0.25) is 0 Å². The molecule has 0 amide bonds. The first-order chi connectivity index (χ1) is 6.97. The maximum atomic E-state index is 12.4. The van der Waals surface area contributed by atoms with Gasteiger partial charge in [-0.15, -0.1) is 0 Å². The summed E-state index contributed by atoms with van der Waals surface area (Å²) in [5, 5.41) is 3.95. The highest BCUT2D eigenvalue weighted by Gasteiger charge is 2.37. The van der Waals surface area contributed by atoms with Gasteiger partial charge in [-0.1, -0.05) is 6.08 Å². The standard InChI is InChI=1S/C10H11F3N2/c1-15-6-8(5-14-15)7-2-3-9(4-7)10(11,12)13/h4-7H,2-3H2,1H3. The Kier molecular flexibility index (Phi) is 2.32. The molecule has 0 N–H and O–H groups in total. The summed E-state index contributed by atoms with van der Waals surface area (Å²) < 4.78 is 38.7. The topological polar surface area (TPSA) is 17.8 Å². The van der Waals surface area contributed by atoms with Crippen molar-refractivity contribution in [2.75, 3.05) is 0 Å². The van der Waals surface area contributed by atoms with Gasteiger partial charge in [0.25, 0.3) is 0 Å². The van der Waals surface area contributed by atoms with Crippen molar-refractivity contribution in [3.05, 3.63) is 29.6 Å². The number of hydrogen-bond donors (Lipinski definition) is 0. The normalized spacial score (nSPS) is 21.9. The minimum Gasteiger partial charge on any atom is -0.276 e. The molecule has 0 spiro atoms. The number of halogens is 3. The van der Waals surface area contributed by atoms with E-state index in [4.69, 9.17) is 0 Å². The van der Waals surface area contributed by atoms with Crippen LogP contribution >= 0.6 is 0 Å². The van der Waals surface area contributed by atoms with E-state index >= 15 is 0 Å². The third-order valence-electron chi connectivity index (χ3n) is 2.64. The fraction of sp³-hybridized carbons (Fsp3) is 0.500. The molecule has 82 valence electrons. The summed E-state index contributed by atoms with van der Waals surface area (Å²) in [6.07, 6.45) is 1.18. The van der Waals surface area contributed by atoms with Crippen LogP contribution < -0.4 is 0 Å². The summed E-state index contributed by atoms with van der Waals surface area (Å²) in [4.78, 5) is 0. The third-order valence-corrected chi connectivity index (χ3v) is 2.64. The molecule has 1 atom stereocenters. The van der Waals surface area contributed by atoms with E-state index in [1.54, 1.807) is 24.1 Å². The molecule has 0 aromatic carbocycles. The first kappa shape index (κ1) is 10.3. The average Bonchev–Trinajstić information content (AvgIpc) is 2.69. The Morgan fingerprint density at radius 2 is 2.20 bits per heavy atom. The van der Waals surface area contributed by atoms with Crippen LogP contribution in [0.2, 0.25) is 0 Å². The van der Waals surface area contributed by atoms with Gasteiger partial charge in [0.05, 0.1) is 6.20 Å². The fourth-order valence-electron chi connectivity index (χ4n) is 1.85. The van der Waals surface area contributed by atoms with Gasteiger partial charge in [-0.3, -0.25) is 4.68 Å². The molecular weight excluding hydrogens is 205 g/mol. The van der Waals surface area contributed by atoms with Gasteiger partial charge < -0.3 is 0 Å². The van der Waals surface area contributed by atoms with Crippen LogP contribution in [0, 0.1) is 0 Å². The van der Waals surface area contributed by atoms with Gasteiger partial charge >= 0.3 is 6.18 Å². The molecule has 0 saturated carbocycles. The van der Waals surface area contributed by atoms with Crippen LogP contribution in [0.3, 0.4) is 0 Å². The zero-order valence-corrected chi connectivity index (χ0v) is 8.25. The van der Waals surface area contributed by atoms with Crippen molar-refractivity contribution in [3.63, 3.8) is 0 Å². The molecule has 1 aromatic heterocycles. The smallest absolute Gasteiger partial charge is 0.276 e. The summed E-state index contributed by atoms with van der Waals surface area (Å²) in [6, 6.07) is 0. The lowest BCUT2D eigenvalue weighted by Crippen LogP contribution is -2.09. The summed E-state index contributed by atoms with van der Waals surface area (Å²) >= 11 is 0. The van der Waals surface area contributed by atoms with E-state index in [1.165, 1.54) is 6.08 Å². The average molecular weight is 216 g/mol. The quantitative estimate of drug-likeness (QED) is 0.660. The van der Waals surface area contributed by atoms with Crippen LogP contribution in [0.5, 0.6) is 0 Å². The molecule has 2 nitrogen and oxygen atoms in total. The first-order valence-electron chi connectivity index (χ1n) is 4.73. The van der Waals surface area contributed by atoms with E-state index in [1.807, 2.05) is 0 Å². The number of nitrogens with zero attached hydrogens (tertiary/aromatic N) is 2. The second kappa shape index (κ2) is 3.40. The van der Waals surface area contributed by atoms with Crippen LogP contribution in [0.1, 0.15) is 24.3 Å². The van der Waals surface area contributed by atoms with Crippen molar-refractivity contribution >= 4 is 0 Å². The van der Waals surface area contributed by atoms with Gasteiger partial charge in [0, 0.05) is 24.7 Å². The number of allylic oxidation sites excluding steroid dienone is 2. The number of rotatable bonds is 1. The Morgan fingerprint density at radius 1 is 1.47 bits per heavy atom. The fourth-order valence-corrected chi connectivity index (χ4v) is 1.85. The predicted molar refractivity (Wildman–Crippen MR) is 49.3 cm³/mol. The summed E-state index contributed by atoms with van der Waals surface area (Å²) in [5.41, 5.74) is 0.452. The van der Waals surface area contributed by atoms with Crippen molar-refractivity contribution in [2.45, 2.75) is 24.9 Å². The first-order valence-corrected chi connectivity index (χ1v) is 4.73. The highest BCUT2D eigenvalue weighted by atomic mass is 19.4. The zero-order valence-electron chi connectivity index (χ0n) is 8.25. The lowest BCUT2D eigenvalue weighted by Gasteiger charge is -2.04. The Morgan fingerprint density at radius 3 is 2.67 bits per heavy atom. The third kappa shape index (κ3) is 2.06. The molecule has 0 aliphatic heterocycles. The largest absolute Gasteiger partial charge is 0.412 e. The monoisotopic (exact) mass is 216 g/mol. The van der Waals surface area contributed by atoms with Crippen LogP contribution in [0.4, 0.5) is 13.2 Å². The highest BCUT2D eigenvalue weighted by Crippen LogP contribution is 2.40. The van der Waals surface area contributed by atoms with Crippen molar-refractivity contribution in [3.8, 4) is 0 Å². The maximum Gasteiger partial charge on any atom is 0.412 e. The Bertz CT molecular complexity index is 390. The van der Waals surface area contributed by atoms with Crippen molar-refractivity contribution in [1.82, 2.24) is 9.78 Å². The second-order valence-electron chi connectivity index (χ2n) is 3.78. The van der Waals surface area contributed by atoms with E-state index in [0.29, 0.717) is 6.42 Å². The Hall–Kier alpha value is -1.26. The molecule has 0 fully saturated rings. The number of aromatic nitrogens is 2. The molecule has 0 saturated heterocycles. The van der Waals surface area contributed by atoms with Crippen molar-refractivity contribution < 1.29 is 13.2 Å². The van der Waals surface area contributed by atoms with E-state index < -0.39 is 11.7 Å². The molecule has 0 radical (unpaired) electrons. The lowest BCUT2D eigenvalue weighted by molar-refractivity contribution is -0.0931. The van der Waals surface area contributed by atoms with Crippen LogP contribution in [0.25, 0.3) is 0 Å². The van der Waals surface area contributed by atoms with Gasteiger partial charge in [-0.2, -0.15) is 18.3 Å². The van der Waals surface area contributed by atoms with Gasteiger partial charge in [0.1, 0.15) is 0 Å². The van der Waals surface area contributed by atoms with Crippen LogP contribution in [-0.4, -0.2) is 16.0 Å². The molecule has 2 rings (SSSR count). The second-order valence-corrected chi connectivity index (χ2v) is 3.78. The molecule has 1 heterocycles. The Labute approximate surface area is 85.4 Å². The number of aryl methyl sites for hydroxylation is 1. The summed E-state index contributed by atoms with van der Waals surface area (Å²) in [5.74, 6) is -0.129. The lowest BCUT2D eigenvalue weighted by atomic mass is 10.0. The van der Waals surface area contributed by atoms with Gasteiger partial charge in [-0.05, 0) is 18.4 Å². The molecular formula is C10H11F3N2. The van der Waals surface area contributed by atoms with Gasteiger partial charge in [0.15, 0.2) is 0 Å². The van der Waals surface area contributed by atoms with E-state index in [-0.39, 0.29) is 12.3 Å². The number of alkyl halides is 3. The predicted octanol–water partition coefficient (Wildman–Crippen LogP) is 2.79. The van der Waals surface area contributed by atoms with Crippen molar-refractivity contribution in [1.29, 1.82) is 0 Å². The van der Waals surface area contributed by atoms with Gasteiger partial charge in [-0.25, -0.2) is 0 Å². The summed E-state index contributed by atoms with van der Waals surface area (Å²) in [7, 11) is 1.76. The molecule has 1 aliphatic rings. The SMILES string of the molecule is Cn1cc(C2C=C(C(F)(F)F)CC2)cn1. The van der Waals surface area contributed by atoms with Crippen molar-refractivity contribution in [2.24, 2.45) is 7.05 Å². The maximum absolute atomic E-state index is 12.4. The minimum absolute atomic E-state index is 0.114. The highest BCUT2D eigenvalue weighted by molar-refractivity contribution is 5.27. The van der Waals surface area contributed by atoms with E-state index in [2.05, 4.69) is 5.10 Å². The summed E-state index contributed by atoms with van der Waals surface area (Å²) in [6.45, 7) is 0. The van der Waals surface area contributed by atoms with Crippen LogP contribution in [0.15, 0.2) is 24.0 Å². The molecule has 1 aliphatic carbocycles.